The third-order valence-corrected chi connectivity index (χ3v) is 3.40. The third kappa shape index (κ3) is 2.24. The molecule has 0 aromatic heterocycles. The number of hydrogen-bond acceptors (Lipinski definition) is 4. The maximum Gasteiger partial charge on any atom is 0.310 e. The Morgan fingerprint density at radius 3 is 2.45 bits per heavy atom. The van der Waals surface area contributed by atoms with Crippen LogP contribution in [0.15, 0.2) is 18.2 Å². The van der Waals surface area contributed by atoms with Crippen molar-refractivity contribution < 1.29 is 19.5 Å². The van der Waals surface area contributed by atoms with Crippen molar-refractivity contribution in [2.24, 2.45) is 5.41 Å². The molecule has 1 aromatic carbocycles. The van der Waals surface area contributed by atoms with Gasteiger partial charge in [-0.05, 0) is 32.0 Å². The molecule has 6 nitrogen and oxygen atoms in total. The summed E-state index contributed by atoms with van der Waals surface area (Å²) in [5, 5.41) is 12.0. The van der Waals surface area contributed by atoms with E-state index in [4.69, 9.17) is 5.11 Å². The quantitative estimate of drug-likeness (QED) is 0.812. The Morgan fingerprint density at radius 2 is 1.85 bits per heavy atom. The van der Waals surface area contributed by atoms with Gasteiger partial charge in [0.05, 0.1) is 16.5 Å². The van der Waals surface area contributed by atoms with Crippen LogP contribution in [0.5, 0.6) is 0 Å². The number of carbonyl (C=O) groups is 3. The highest BCUT2D eigenvalue weighted by atomic mass is 16.4. The lowest BCUT2D eigenvalue weighted by Gasteiger charge is -2.20. The number of carbonyl (C=O) groups excluding carboxylic acids is 2. The van der Waals surface area contributed by atoms with Crippen LogP contribution >= 0.6 is 0 Å². The molecule has 0 unspecified atom stereocenters. The van der Waals surface area contributed by atoms with Crippen LogP contribution in [0.25, 0.3) is 0 Å². The normalized spacial score (nSPS) is 14.4. The minimum absolute atomic E-state index is 0.221. The predicted molar refractivity (Wildman–Crippen MR) is 72.8 cm³/mol. The van der Waals surface area contributed by atoms with E-state index in [-0.39, 0.29) is 18.4 Å². The molecule has 1 aliphatic rings. The van der Waals surface area contributed by atoms with E-state index in [0.29, 0.717) is 16.8 Å². The van der Waals surface area contributed by atoms with Gasteiger partial charge in [0.25, 0.3) is 11.8 Å². The lowest BCUT2D eigenvalue weighted by atomic mass is 9.94. The summed E-state index contributed by atoms with van der Waals surface area (Å²) < 4.78 is 0. The van der Waals surface area contributed by atoms with Gasteiger partial charge >= 0.3 is 5.97 Å². The van der Waals surface area contributed by atoms with E-state index in [1.54, 1.807) is 32.0 Å². The molecule has 0 saturated heterocycles. The number of amides is 2. The van der Waals surface area contributed by atoms with Crippen molar-refractivity contribution in [2.45, 2.75) is 13.8 Å². The van der Waals surface area contributed by atoms with Crippen LogP contribution in [0, 0.1) is 5.41 Å². The van der Waals surface area contributed by atoms with Gasteiger partial charge in [0.2, 0.25) is 0 Å². The summed E-state index contributed by atoms with van der Waals surface area (Å²) in [4.78, 5) is 35.7. The number of fused-ring (bicyclic) bond motifs is 1. The van der Waals surface area contributed by atoms with Gasteiger partial charge in [-0.25, -0.2) is 0 Å². The van der Waals surface area contributed by atoms with Crippen LogP contribution < -0.4 is 5.32 Å². The van der Waals surface area contributed by atoms with Crippen LogP contribution in [0.4, 0.5) is 5.69 Å². The van der Waals surface area contributed by atoms with Crippen LogP contribution in [0.2, 0.25) is 0 Å². The Bertz CT molecular complexity index is 607. The van der Waals surface area contributed by atoms with Gasteiger partial charge in [0, 0.05) is 19.3 Å². The molecule has 1 heterocycles. The van der Waals surface area contributed by atoms with Gasteiger partial charge < -0.3 is 10.4 Å². The van der Waals surface area contributed by atoms with Gasteiger partial charge in [0.1, 0.15) is 0 Å². The number of aliphatic carboxylic acids is 1. The average molecular weight is 276 g/mol. The van der Waals surface area contributed by atoms with E-state index >= 15 is 0 Å². The Balaban J connectivity index is 2.20. The summed E-state index contributed by atoms with van der Waals surface area (Å²) in [6.07, 6.45) is 0. The Kier molecular flexibility index (Phi) is 3.25. The number of carboxylic acids is 1. The van der Waals surface area contributed by atoms with Crippen molar-refractivity contribution in [3.05, 3.63) is 29.3 Å². The van der Waals surface area contributed by atoms with Crippen molar-refractivity contribution >= 4 is 23.5 Å². The van der Waals surface area contributed by atoms with Gasteiger partial charge in [-0.2, -0.15) is 0 Å². The zero-order valence-corrected chi connectivity index (χ0v) is 11.6. The molecule has 0 bridgehead atoms. The number of anilines is 1. The first-order chi connectivity index (χ1) is 9.24. The molecule has 1 aromatic rings. The fourth-order valence-corrected chi connectivity index (χ4v) is 1.87. The van der Waals surface area contributed by atoms with E-state index in [0.717, 1.165) is 4.90 Å². The summed E-state index contributed by atoms with van der Waals surface area (Å²) in [5.41, 5.74) is 0.418. The molecular weight excluding hydrogens is 260 g/mol. The first-order valence-corrected chi connectivity index (χ1v) is 6.18. The number of nitrogens with one attached hydrogen (secondary N) is 1. The maximum atomic E-state index is 11.9. The smallest absolute Gasteiger partial charge is 0.310 e. The van der Waals surface area contributed by atoms with Gasteiger partial charge in [-0.1, -0.05) is 0 Å². The summed E-state index contributed by atoms with van der Waals surface area (Å²) in [6.45, 7) is 3.44. The molecule has 20 heavy (non-hydrogen) atoms. The molecular formula is C14H16N2O4. The van der Waals surface area contributed by atoms with Crippen molar-refractivity contribution in [2.75, 3.05) is 18.9 Å². The Morgan fingerprint density at radius 1 is 1.25 bits per heavy atom. The average Bonchev–Trinajstić information content (AvgIpc) is 2.61. The number of rotatable bonds is 4. The molecule has 2 amide bonds. The standard InChI is InChI=1S/C14H16N2O4/c1-14(2,13(19)20)7-15-8-4-5-9-10(6-8)12(18)16(3)11(9)17/h4-6,15H,7H2,1-3H3,(H,19,20). The lowest BCUT2D eigenvalue weighted by molar-refractivity contribution is -0.146. The number of hydrogen-bond donors (Lipinski definition) is 2. The topological polar surface area (TPSA) is 86.7 Å². The van der Waals surface area contributed by atoms with E-state index in [1.807, 2.05) is 0 Å². The lowest BCUT2D eigenvalue weighted by Crippen LogP contribution is -2.31. The second kappa shape index (κ2) is 4.63. The van der Waals surface area contributed by atoms with Crippen molar-refractivity contribution in [1.82, 2.24) is 4.90 Å². The third-order valence-electron chi connectivity index (χ3n) is 3.40. The van der Waals surface area contributed by atoms with Crippen molar-refractivity contribution in [1.29, 1.82) is 0 Å². The first-order valence-electron chi connectivity index (χ1n) is 6.18. The highest BCUT2D eigenvalue weighted by Gasteiger charge is 2.33. The molecule has 0 atom stereocenters. The molecule has 0 aliphatic carbocycles. The van der Waals surface area contributed by atoms with Crippen LogP contribution in [0.3, 0.4) is 0 Å². The molecule has 0 spiro atoms. The number of imide groups is 1. The molecule has 1 aliphatic heterocycles. The Labute approximate surface area is 116 Å². The fraction of sp³-hybridized carbons (Fsp3) is 0.357. The summed E-state index contributed by atoms with van der Waals surface area (Å²) in [5.74, 6) is -1.56. The summed E-state index contributed by atoms with van der Waals surface area (Å²) >= 11 is 0. The zero-order valence-electron chi connectivity index (χ0n) is 11.6. The van der Waals surface area contributed by atoms with E-state index in [2.05, 4.69) is 5.32 Å². The van der Waals surface area contributed by atoms with E-state index < -0.39 is 11.4 Å². The van der Waals surface area contributed by atoms with E-state index in [9.17, 15) is 14.4 Å². The predicted octanol–water partition coefficient (Wildman–Crippen LogP) is 1.44. The first kappa shape index (κ1) is 14.0. The fourth-order valence-electron chi connectivity index (χ4n) is 1.87. The highest BCUT2D eigenvalue weighted by molar-refractivity contribution is 6.21. The molecule has 0 radical (unpaired) electrons. The molecule has 106 valence electrons. The summed E-state index contributed by atoms with van der Waals surface area (Å²) in [7, 11) is 1.44. The van der Waals surface area contributed by atoms with Crippen LogP contribution in [-0.2, 0) is 4.79 Å². The van der Waals surface area contributed by atoms with Crippen molar-refractivity contribution in [3.8, 4) is 0 Å². The molecule has 0 saturated carbocycles. The van der Waals surface area contributed by atoms with Gasteiger partial charge in [-0.15, -0.1) is 0 Å². The minimum Gasteiger partial charge on any atom is -0.481 e. The van der Waals surface area contributed by atoms with Crippen LogP contribution in [-0.4, -0.2) is 41.4 Å². The second-order valence-electron chi connectivity index (χ2n) is 5.47. The van der Waals surface area contributed by atoms with Crippen molar-refractivity contribution in [3.63, 3.8) is 0 Å². The SMILES string of the molecule is CN1C(=O)c2ccc(NCC(C)(C)C(=O)O)cc2C1=O. The molecule has 6 heteroatoms. The van der Waals surface area contributed by atoms with Gasteiger partial charge in [-0.3, -0.25) is 19.3 Å². The Hall–Kier alpha value is -2.37. The minimum atomic E-state index is -0.921. The molecule has 0 fully saturated rings. The van der Waals surface area contributed by atoms with E-state index in [1.165, 1.54) is 7.05 Å². The monoisotopic (exact) mass is 276 g/mol. The van der Waals surface area contributed by atoms with Crippen LogP contribution in [0.1, 0.15) is 34.6 Å². The number of carboxylic acid groups (broad SMARTS) is 1. The molecule has 2 rings (SSSR count). The zero-order chi connectivity index (χ0) is 15.1. The summed E-state index contributed by atoms with van der Waals surface area (Å²) in [6, 6.07) is 4.83. The highest BCUT2D eigenvalue weighted by Crippen LogP contribution is 2.25. The molecule has 2 N–H and O–H groups in total. The number of benzene rings is 1. The maximum absolute atomic E-state index is 11.9. The number of nitrogens with zero attached hydrogens (tertiary/aromatic N) is 1. The second-order valence-corrected chi connectivity index (χ2v) is 5.47. The largest absolute Gasteiger partial charge is 0.481 e. The van der Waals surface area contributed by atoms with Gasteiger partial charge in [0.15, 0.2) is 0 Å².